The Labute approximate surface area is 182 Å². The van der Waals surface area contributed by atoms with Gasteiger partial charge in [-0.15, -0.1) is 24.0 Å². The van der Waals surface area contributed by atoms with Crippen molar-refractivity contribution in [3.63, 3.8) is 0 Å². The number of halogens is 1. The van der Waals surface area contributed by atoms with E-state index in [-0.39, 0.29) is 24.0 Å². The fraction of sp³-hybridized carbons (Fsp3) is 0.476. The van der Waals surface area contributed by atoms with Gasteiger partial charge in [0, 0.05) is 25.1 Å². The lowest BCUT2D eigenvalue weighted by atomic mass is 9.96. The van der Waals surface area contributed by atoms with Crippen LogP contribution in [-0.4, -0.2) is 43.6 Å². The first-order valence-corrected chi connectivity index (χ1v) is 10.7. The number of nitrogens with zero attached hydrogens (tertiary/aromatic N) is 1. The van der Waals surface area contributed by atoms with Crippen molar-refractivity contribution in [2.45, 2.75) is 43.3 Å². The number of rotatable bonds is 6. The van der Waals surface area contributed by atoms with Crippen LogP contribution >= 0.6 is 35.7 Å². The van der Waals surface area contributed by atoms with Crippen molar-refractivity contribution in [3.05, 3.63) is 48.0 Å². The normalized spacial score (nSPS) is 24.0. The van der Waals surface area contributed by atoms with E-state index in [4.69, 9.17) is 4.74 Å². The summed E-state index contributed by atoms with van der Waals surface area (Å²) in [6, 6.07) is 15.6. The summed E-state index contributed by atoms with van der Waals surface area (Å²) in [7, 11) is 1.84. The van der Waals surface area contributed by atoms with Crippen molar-refractivity contribution in [1.29, 1.82) is 0 Å². The summed E-state index contributed by atoms with van der Waals surface area (Å²) in [6.45, 7) is 0.913. The number of fused-ring (bicyclic) bond motifs is 3. The highest BCUT2D eigenvalue weighted by molar-refractivity contribution is 14.0. The molecule has 146 valence electrons. The maximum absolute atomic E-state index is 5.91. The zero-order valence-corrected chi connectivity index (χ0v) is 18.8. The first-order chi connectivity index (χ1) is 12.8. The van der Waals surface area contributed by atoms with Crippen LogP contribution in [0.3, 0.4) is 0 Å². The molecule has 2 aromatic rings. The predicted octanol–water partition coefficient (Wildman–Crippen LogP) is 4.18. The van der Waals surface area contributed by atoms with E-state index in [0.29, 0.717) is 18.2 Å². The van der Waals surface area contributed by atoms with Crippen molar-refractivity contribution < 1.29 is 4.74 Å². The Balaban J connectivity index is 0.00000210. The second-order valence-corrected chi connectivity index (χ2v) is 8.16. The van der Waals surface area contributed by atoms with Crippen LogP contribution in [0.1, 0.15) is 24.8 Å². The van der Waals surface area contributed by atoms with Gasteiger partial charge in [0.15, 0.2) is 5.96 Å². The molecule has 4 nitrogen and oxygen atoms in total. The Morgan fingerprint density at radius 2 is 2.04 bits per heavy atom. The summed E-state index contributed by atoms with van der Waals surface area (Å²) in [4.78, 5) is 4.36. The molecule has 2 aliphatic rings. The SMILES string of the molecule is CN=C(NCCSCc1cccc2ccccc12)NC1CC2CCC1O2.I. The van der Waals surface area contributed by atoms with E-state index in [1.54, 1.807) is 0 Å². The highest BCUT2D eigenvalue weighted by Gasteiger charge is 2.41. The number of benzene rings is 2. The second-order valence-electron chi connectivity index (χ2n) is 7.05. The van der Waals surface area contributed by atoms with Gasteiger partial charge in [-0.3, -0.25) is 4.99 Å². The molecule has 3 atom stereocenters. The van der Waals surface area contributed by atoms with Crippen LogP contribution in [-0.2, 0) is 10.5 Å². The lowest BCUT2D eigenvalue weighted by molar-refractivity contribution is 0.0992. The molecule has 0 saturated carbocycles. The van der Waals surface area contributed by atoms with E-state index in [0.717, 1.165) is 30.4 Å². The minimum atomic E-state index is 0. The molecule has 2 bridgehead atoms. The molecule has 2 N–H and O–H groups in total. The quantitative estimate of drug-likeness (QED) is 0.272. The molecule has 6 heteroatoms. The maximum Gasteiger partial charge on any atom is 0.191 e. The van der Waals surface area contributed by atoms with Crippen molar-refractivity contribution in [1.82, 2.24) is 10.6 Å². The minimum absolute atomic E-state index is 0. The summed E-state index contributed by atoms with van der Waals surface area (Å²) in [5, 5.41) is 9.66. The van der Waals surface area contributed by atoms with Crippen LogP contribution in [0, 0.1) is 0 Å². The first-order valence-electron chi connectivity index (χ1n) is 9.50. The van der Waals surface area contributed by atoms with Crippen LogP contribution in [0.25, 0.3) is 10.8 Å². The maximum atomic E-state index is 5.91. The standard InChI is InChI=1S/C21H27N3OS.HI/c1-22-21(24-19-13-17-9-10-20(19)25-17)23-11-12-26-14-16-7-4-6-15-5-2-3-8-18(15)16;/h2-8,17,19-20H,9-14H2,1H3,(H2,22,23,24);1H. The third kappa shape index (κ3) is 5.09. The molecule has 0 spiro atoms. The van der Waals surface area contributed by atoms with Crippen LogP contribution in [0.2, 0.25) is 0 Å². The highest BCUT2D eigenvalue weighted by atomic mass is 127. The molecule has 2 saturated heterocycles. The molecule has 0 radical (unpaired) electrons. The Morgan fingerprint density at radius 1 is 1.19 bits per heavy atom. The highest BCUT2D eigenvalue weighted by Crippen LogP contribution is 2.34. The number of hydrogen-bond donors (Lipinski definition) is 2. The second kappa shape index (κ2) is 9.98. The summed E-state index contributed by atoms with van der Waals surface area (Å²) in [6.07, 6.45) is 4.35. The van der Waals surface area contributed by atoms with Gasteiger partial charge >= 0.3 is 0 Å². The van der Waals surface area contributed by atoms with Gasteiger partial charge in [0.25, 0.3) is 0 Å². The van der Waals surface area contributed by atoms with Crippen LogP contribution in [0.4, 0.5) is 0 Å². The number of nitrogens with one attached hydrogen (secondary N) is 2. The third-order valence-corrected chi connectivity index (χ3v) is 6.34. The lowest BCUT2D eigenvalue weighted by Crippen LogP contribution is -2.47. The van der Waals surface area contributed by atoms with Crippen LogP contribution in [0.5, 0.6) is 0 Å². The van der Waals surface area contributed by atoms with Gasteiger partial charge in [0.05, 0.1) is 18.2 Å². The molecule has 2 aromatic carbocycles. The molecular weight excluding hydrogens is 469 g/mol. The van der Waals surface area contributed by atoms with Gasteiger partial charge in [0.1, 0.15) is 0 Å². The molecule has 2 fully saturated rings. The monoisotopic (exact) mass is 497 g/mol. The van der Waals surface area contributed by atoms with E-state index in [1.165, 1.54) is 29.2 Å². The molecular formula is C21H28IN3OS. The molecule has 2 aliphatic heterocycles. The van der Waals surface area contributed by atoms with Crippen molar-refractivity contribution >= 4 is 52.5 Å². The predicted molar refractivity (Wildman–Crippen MR) is 126 cm³/mol. The van der Waals surface area contributed by atoms with Crippen molar-refractivity contribution in [2.75, 3.05) is 19.3 Å². The summed E-state index contributed by atoms with van der Waals surface area (Å²) >= 11 is 1.96. The van der Waals surface area contributed by atoms with E-state index in [2.05, 4.69) is 58.1 Å². The fourth-order valence-corrected chi connectivity index (χ4v) is 4.86. The summed E-state index contributed by atoms with van der Waals surface area (Å²) < 4.78 is 5.91. The van der Waals surface area contributed by atoms with Gasteiger partial charge in [-0.25, -0.2) is 0 Å². The Kier molecular flexibility index (Phi) is 7.66. The Morgan fingerprint density at radius 3 is 2.81 bits per heavy atom. The van der Waals surface area contributed by atoms with Crippen LogP contribution in [0.15, 0.2) is 47.5 Å². The Hall–Kier alpha value is -0.990. The number of guanidine groups is 1. The van der Waals surface area contributed by atoms with Crippen molar-refractivity contribution in [3.8, 4) is 0 Å². The average molecular weight is 497 g/mol. The van der Waals surface area contributed by atoms with E-state index in [9.17, 15) is 0 Å². The first kappa shape index (κ1) is 20.7. The van der Waals surface area contributed by atoms with E-state index < -0.39 is 0 Å². The number of thioether (sulfide) groups is 1. The fourth-order valence-electron chi connectivity index (χ4n) is 4.00. The van der Waals surface area contributed by atoms with Gasteiger partial charge in [-0.05, 0) is 35.6 Å². The molecule has 2 heterocycles. The number of aliphatic imine (C=N–C) groups is 1. The zero-order chi connectivity index (χ0) is 17.8. The largest absolute Gasteiger partial charge is 0.373 e. The summed E-state index contributed by atoms with van der Waals surface area (Å²) in [5.74, 6) is 2.99. The van der Waals surface area contributed by atoms with E-state index >= 15 is 0 Å². The average Bonchev–Trinajstić information content (AvgIpc) is 3.30. The van der Waals surface area contributed by atoms with Gasteiger partial charge < -0.3 is 15.4 Å². The van der Waals surface area contributed by atoms with Crippen LogP contribution < -0.4 is 10.6 Å². The van der Waals surface area contributed by atoms with Gasteiger partial charge in [-0.1, -0.05) is 42.5 Å². The molecule has 4 rings (SSSR count). The number of hydrogen-bond acceptors (Lipinski definition) is 3. The molecule has 0 aliphatic carbocycles. The van der Waals surface area contributed by atoms with Gasteiger partial charge in [0.2, 0.25) is 0 Å². The molecule has 27 heavy (non-hydrogen) atoms. The van der Waals surface area contributed by atoms with Gasteiger partial charge in [-0.2, -0.15) is 11.8 Å². The minimum Gasteiger partial charge on any atom is -0.373 e. The van der Waals surface area contributed by atoms with Crippen molar-refractivity contribution in [2.24, 2.45) is 4.99 Å². The third-order valence-electron chi connectivity index (χ3n) is 5.33. The number of ether oxygens (including phenoxy) is 1. The summed E-state index contributed by atoms with van der Waals surface area (Å²) in [5.41, 5.74) is 1.41. The molecule has 3 unspecified atom stereocenters. The Bertz CT molecular complexity index is 780. The molecule has 0 aromatic heterocycles. The smallest absolute Gasteiger partial charge is 0.191 e. The lowest BCUT2D eigenvalue weighted by Gasteiger charge is -2.22. The topological polar surface area (TPSA) is 45.7 Å². The zero-order valence-electron chi connectivity index (χ0n) is 15.7. The molecule has 0 amide bonds. The van der Waals surface area contributed by atoms with E-state index in [1.807, 2.05) is 18.8 Å².